The molecule has 1 aromatic carbocycles. The Labute approximate surface area is 112 Å². The van der Waals surface area contributed by atoms with Gasteiger partial charge in [-0.25, -0.2) is 0 Å². The van der Waals surface area contributed by atoms with Crippen molar-refractivity contribution in [3.8, 4) is 0 Å². The van der Waals surface area contributed by atoms with Gasteiger partial charge in [0, 0.05) is 11.7 Å². The molecule has 0 unspecified atom stereocenters. The van der Waals surface area contributed by atoms with E-state index in [0.717, 1.165) is 11.5 Å². The van der Waals surface area contributed by atoms with Crippen LogP contribution in [0.3, 0.4) is 0 Å². The molecule has 2 aromatic rings. The van der Waals surface area contributed by atoms with E-state index in [9.17, 15) is 0 Å². The van der Waals surface area contributed by atoms with E-state index in [2.05, 4.69) is 25.8 Å². The van der Waals surface area contributed by atoms with Gasteiger partial charge in [0.1, 0.15) is 0 Å². The zero-order valence-electron chi connectivity index (χ0n) is 10.7. The molecule has 3 rings (SSSR count). The third kappa shape index (κ3) is 3.19. The van der Waals surface area contributed by atoms with Crippen molar-refractivity contribution in [2.45, 2.75) is 31.7 Å². The highest BCUT2D eigenvalue weighted by Gasteiger charge is 2.15. The fourth-order valence-corrected chi connectivity index (χ4v) is 2.36. The molecule has 98 valence electrons. The molecule has 1 aromatic heterocycles. The summed E-state index contributed by atoms with van der Waals surface area (Å²) in [5.74, 6) is 1.31. The van der Waals surface area contributed by atoms with Crippen molar-refractivity contribution in [1.82, 2.24) is 15.2 Å². The summed E-state index contributed by atoms with van der Waals surface area (Å²) in [4.78, 5) is 4.44. The van der Waals surface area contributed by atoms with Gasteiger partial charge in [0.25, 0.3) is 0 Å². The lowest BCUT2D eigenvalue weighted by atomic mass is 10.2. The van der Waals surface area contributed by atoms with Gasteiger partial charge in [0.05, 0.1) is 6.20 Å². The first-order valence-electron chi connectivity index (χ1n) is 6.68. The van der Waals surface area contributed by atoms with E-state index in [0.29, 0.717) is 12.0 Å². The molecular weight excluding hydrogens is 238 g/mol. The Kier molecular flexibility index (Phi) is 3.54. The lowest BCUT2D eigenvalue weighted by Gasteiger charge is -2.12. The molecule has 5 nitrogen and oxygen atoms in total. The molecule has 1 saturated carbocycles. The summed E-state index contributed by atoms with van der Waals surface area (Å²) in [6.45, 7) is 0. The summed E-state index contributed by atoms with van der Waals surface area (Å²) in [7, 11) is 0. The van der Waals surface area contributed by atoms with E-state index in [1.54, 1.807) is 6.20 Å². The van der Waals surface area contributed by atoms with Crippen molar-refractivity contribution in [2.75, 3.05) is 10.6 Å². The van der Waals surface area contributed by atoms with Crippen LogP contribution in [-0.4, -0.2) is 21.2 Å². The molecule has 1 heterocycles. The van der Waals surface area contributed by atoms with Crippen LogP contribution in [0.4, 0.5) is 17.5 Å². The van der Waals surface area contributed by atoms with E-state index in [4.69, 9.17) is 0 Å². The van der Waals surface area contributed by atoms with Crippen molar-refractivity contribution >= 4 is 17.5 Å². The van der Waals surface area contributed by atoms with Gasteiger partial charge >= 0.3 is 0 Å². The highest BCUT2D eigenvalue weighted by Crippen LogP contribution is 2.21. The molecule has 19 heavy (non-hydrogen) atoms. The maximum absolute atomic E-state index is 4.44. The second-order valence-electron chi connectivity index (χ2n) is 4.78. The van der Waals surface area contributed by atoms with Crippen LogP contribution in [0, 0.1) is 0 Å². The third-order valence-corrected chi connectivity index (χ3v) is 3.30. The van der Waals surface area contributed by atoms with Gasteiger partial charge in [-0.05, 0) is 25.0 Å². The maximum Gasteiger partial charge on any atom is 0.249 e. The Morgan fingerprint density at radius 1 is 1.05 bits per heavy atom. The molecule has 0 bridgehead atoms. The predicted molar refractivity (Wildman–Crippen MR) is 75.4 cm³/mol. The molecule has 0 aliphatic heterocycles. The van der Waals surface area contributed by atoms with Gasteiger partial charge in [0.15, 0.2) is 5.82 Å². The van der Waals surface area contributed by atoms with Crippen molar-refractivity contribution in [3.05, 3.63) is 36.5 Å². The van der Waals surface area contributed by atoms with Crippen molar-refractivity contribution in [3.63, 3.8) is 0 Å². The lowest BCUT2D eigenvalue weighted by Crippen LogP contribution is -2.16. The lowest BCUT2D eigenvalue weighted by molar-refractivity contribution is 0.747. The summed E-state index contributed by atoms with van der Waals surface area (Å²) in [5, 5.41) is 14.5. The fraction of sp³-hybridized carbons (Fsp3) is 0.357. The van der Waals surface area contributed by atoms with Crippen molar-refractivity contribution < 1.29 is 0 Å². The normalized spacial score (nSPS) is 15.4. The van der Waals surface area contributed by atoms with Gasteiger partial charge in [0.2, 0.25) is 5.95 Å². The topological polar surface area (TPSA) is 62.7 Å². The number of hydrogen-bond donors (Lipinski definition) is 2. The average molecular weight is 255 g/mol. The maximum atomic E-state index is 4.44. The molecule has 1 aliphatic carbocycles. The summed E-state index contributed by atoms with van der Waals surface area (Å²) in [5.41, 5.74) is 0.960. The van der Waals surface area contributed by atoms with Crippen LogP contribution in [0.1, 0.15) is 25.7 Å². The van der Waals surface area contributed by atoms with Gasteiger partial charge in [-0.3, -0.25) is 0 Å². The quantitative estimate of drug-likeness (QED) is 0.879. The average Bonchev–Trinajstić information content (AvgIpc) is 2.93. The third-order valence-electron chi connectivity index (χ3n) is 3.30. The number of para-hydroxylation sites is 1. The van der Waals surface area contributed by atoms with Crippen LogP contribution >= 0.6 is 0 Å². The minimum atomic E-state index is 0.522. The van der Waals surface area contributed by atoms with E-state index >= 15 is 0 Å². The summed E-state index contributed by atoms with van der Waals surface area (Å²) in [6.07, 6.45) is 6.70. The standard InChI is InChI=1S/C14H17N5/c1-2-6-12(7-3-1)17-14-18-13(10-15-19-14)16-11-8-4-5-9-11/h1-3,6-7,10-11H,4-5,8-9H2,(H2,16,17,18,19). The number of rotatable bonds is 4. The van der Waals surface area contributed by atoms with E-state index in [1.165, 1.54) is 25.7 Å². The van der Waals surface area contributed by atoms with Gasteiger partial charge in [-0.2, -0.15) is 10.1 Å². The molecule has 0 saturated heterocycles. The number of aromatic nitrogens is 3. The monoisotopic (exact) mass is 255 g/mol. The van der Waals surface area contributed by atoms with Crippen LogP contribution < -0.4 is 10.6 Å². The first kappa shape index (κ1) is 11.9. The molecule has 0 atom stereocenters. The van der Waals surface area contributed by atoms with Gasteiger partial charge in [-0.1, -0.05) is 31.0 Å². The molecule has 0 amide bonds. The highest BCUT2D eigenvalue weighted by atomic mass is 15.3. The molecule has 1 fully saturated rings. The van der Waals surface area contributed by atoms with Crippen LogP contribution in [-0.2, 0) is 0 Å². The van der Waals surface area contributed by atoms with Gasteiger partial charge in [-0.15, -0.1) is 5.10 Å². The molecule has 2 N–H and O–H groups in total. The van der Waals surface area contributed by atoms with Crippen LogP contribution in [0.2, 0.25) is 0 Å². The molecule has 1 aliphatic rings. The van der Waals surface area contributed by atoms with Crippen molar-refractivity contribution in [2.24, 2.45) is 0 Å². The smallest absolute Gasteiger partial charge is 0.249 e. The highest BCUT2D eigenvalue weighted by molar-refractivity contribution is 5.53. The first-order valence-corrected chi connectivity index (χ1v) is 6.68. The Morgan fingerprint density at radius 2 is 1.84 bits per heavy atom. The van der Waals surface area contributed by atoms with Gasteiger partial charge < -0.3 is 10.6 Å². The van der Waals surface area contributed by atoms with E-state index in [-0.39, 0.29) is 0 Å². The van der Waals surface area contributed by atoms with E-state index < -0.39 is 0 Å². The molecule has 0 radical (unpaired) electrons. The zero-order chi connectivity index (χ0) is 12.9. The largest absolute Gasteiger partial charge is 0.366 e. The number of nitrogens with zero attached hydrogens (tertiary/aromatic N) is 3. The summed E-state index contributed by atoms with van der Waals surface area (Å²) in [6, 6.07) is 10.4. The predicted octanol–water partition coefficient (Wildman–Crippen LogP) is 2.97. The SMILES string of the molecule is c1ccc(Nc2nncc(NC3CCCC3)n2)cc1. The fourth-order valence-electron chi connectivity index (χ4n) is 2.36. The zero-order valence-corrected chi connectivity index (χ0v) is 10.7. The minimum absolute atomic E-state index is 0.522. The number of nitrogens with one attached hydrogen (secondary N) is 2. The van der Waals surface area contributed by atoms with Crippen molar-refractivity contribution in [1.29, 1.82) is 0 Å². The minimum Gasteiger partial charge on any atom is -0.366 e. The second kappa shape index (κ2) is 5.65. The number of benzene rings is 1. The van der Waals surface area contributed by atoms with Crippen LogP contribution in [0.25, 0.3) is 0 Å². The Balaban J connectivity index is 1.69. The summed E-state index contributed by atoms with van der Waals surface area (Å²) >= 11 is 0. The molecule has 0 spiro atoms. The first-order chi connectivity index (χ1) is 9.40. The number of hydrogen-bond acceptors (Lipinski definition) is 5. The molecule has 5 heteroatoms. The Bertz CT molecular complexity index is 522. The summed E-state index contributed by atoms with van der Waals surface area (Å²) < 4.78 is 0. The Hall–Kier alpha value is -2.17. The Morgan fingerprint density at radius 3 is 2.63 bits per heavy atom. The van der Waals surface area contributed by atoms with Crippen LogP contribution in [0.15, 0.2) is 36.5 Å². The second-order valence-corrected chi connectivity index (χ2v) is 4.78. The van der Waals surface area contributed by atoms with E-state index in [1.807, 2.05) is 30.3 Å². The van der Waals surface area contributed by atoms with Crippen LogP contribution in [0.5, 0.6) is 0 Å². The number of anilines is 3. The molecular formula is C14H17N5.